The number of aliphatic hydroxyl groups excluding tert-OH is 2. The van der Waals surface area contributed by atoms with Crippen LogP contribution in [0.5, 0.6) is 0 Å². The number of rotatable bonds is 17. The summed E-state index contributed by atoms with van der Waals surface area (Å²) in [6, 6.07) is 5.92. The molecule has 2 N–H and O–H groups in total. The quantitative estimate of drug-likeness (QED) is 0.100. The lowest BCUT2D eigenvalue weighted by atomic mass is 9.97. The van der Waals surface area contributed by atoms with Crippen LogP contribution in [0.1, 0.15) is 70.4 Å². The molecule has 0 aliphatic heterocycles. The topological polar surface area (TPSA) is 89.1 Å². The van der Waals surface area contributed by atoms with Gasteiger partial charge in [0.25, 0.3) is 0 Å². The van der Waals surface area contributed by atoms with Crippen molar-refractivity contribution in [3.05, 3.63) is 70.0 Å². The van der Waals surface area contributed by atoms with Crippen LogP contribution in [0.15, 0.2) is 52.7 Å². The fourth-order valence-electron chi connectivity index (χ4n) is 4.38. The molecular formula is C33H43F3O6. The molecule has 6 nitrogen and oxygen atoms in total. The molecule has 2 atom stereocenters. The summed E-state index contributed by atoms with van der Waals surface area (Å²) in [7, 11) is 0. The van der Waals surface area contributed by atoms with Crippen molar-refractivity contribution in [1.29, 1.82) is 0 Å². The maximum Gasteiger partial charge on any atom is 0.417 e. The van der Waals surface area contributed by atoms with Crippen molar-refractivity contribution < 1.29 is 42.1 Å². The summed E-state index contributed by atoms with van der Waals surface area (Å²) in [6.45, 7) is 12.7. The number of carbonyl (C=O) groups excluding carboxylic acids is 1. The molecule has 0 amide bonds. The molecule has 2 aromatic rings. The van der Waals surface area contributed by atoms with E-state index in [-0.39, 0.29) is 47.9 Å². The average Bonchev–Trinajstić information content (AvgIpc) is 3.31. The van der Waals surface area contributed by atoms with Crippen LogP contribution in [0, 0.1) is 5.92 Å². The van der Waals surface area contributed by atoms with Crippen molar-refractivity contribution in [3.63, 3.8) is 0 Å². The molecule has 0 aliphatic rings. The van der Waals surface area contributed by atoms with Gasteiger partial charge in [-0.2, -0.15) is 13.2 Å². The molecule has 1 heterocycles. The summed E-state index contributed by atoms with van der Waals surface area (Å²) in [6.07, 6.45) is 2.81. The molecule has 0 radical (unpaired) electrons. The number of hydrogen-bond acceptors (Lipinski definition) is 6. The zero-order chi connectivity index (χ0) is 31.3. The fraction of sp³-hybridized carbons (Fsp3) is 0.485. The standard InChI is InChI=1S/C33H43F3O6/c1-6-7-8-10-25-13-15-29(30(18-25)33(34,35)36)31-19-27(24(5)42-31)14-12-23(4)40-16-9-11-26(20-37)17-28(38)21-41-32(39)22(2)3/h12-15,18-19,26,28,37-38H,2,5-11,16-17,20-21H2,1,3-4H3/b23-12+,27-14-. The largest absolute Gasteiger partial charge is 0.498 e. The van der Waals surface area contributed by atoms with Gasteiger partial charge in [-0.05, 0) is 81.7 Å². The second kappa shape index (κ2) is 17.0. The van der Waals surface area contributed by atoms with Gasteiger partial charge in [0.2, 0.25) is 0 Å². The van der Waals surface area contributed by atoms with Gasteiger partial charge in [-0.25, -0.2) is 4.79 Å². The molecule has 0 fully saturated rings. The number of hydrogen-bond donors (Lipinski definition) is 2. The van der Waals surface area contributed by atoms with Crippen LogP contribution in [0.4, 0.5) is 13.2 Å². The van der Waals surface area contributed by atoms with Crippen LogP contribution < -0.4 is 10.6 Å². The van der Waals surface area contributed by atoms with Gasteiger partial charge in [0.15, 0.2) is 0 Å². The van der Waals surface area contributed by atoms with Gasteiger partial charge in [0, 0.05) is 23.0 Å². The van der Waals surface area contributed by atoms with E-state index in [9.17, 15) is 28.2 Å². The number of benzene rings is 1. The summed E-state index contributed by atoms with van der Waals surface area (Å²) in [5, 5.41) is 20.2. The van der Waals surface area contributed by atoms with E-state index in [0.29, 0.717) is 42.4 Å². The first-order chi connectivity index (χ1) is 19.8. The summed E-state index contributed by atoms with van der Waals surface area (Å²) in [4.78, 5) is 11.4. The highest BCUT2D eigenvalue weighted by molar-refractivity contribution is 5.86. The predicted octanol–water partition coefficient (Wildman–Crippen LogP) is 6.07. The summed E-state index contributed by atoms with van der Waals surface area (Å²) < 4.78 is 58.0. The molecule has 0 bridgehead atoms. The highest BCUT2D eigenvalue weighted by Crippen LogP contribution is 2.37. The second-order valence-electron chi connectivity index (χ2n) is 10.6. The maximum absolute atomic E-state index is 13.9. The number of furan rings is 1. The third-order valence-electron chi connectivity index (χ3n) is 6.77. The molecule has 2 unspecified atom stereocenters. The van der Waals surface area contributed by atoms with Crippen molar-refractivity contribution in [2.24, 2.45) is 5.92 Å². The van der Waals surface area contributed by atoms with Crippen LogP contribution in [0.25, 0.3) is 24.0 Å². The molecule has 232 valence electrons. The Balaban J connectivity index is 1.99. The third kappa shape index (κ3) is 11.5. The lowest BCUT2D eigenvalue weighted by Gasteiger charge is -2.18. The number of allylic oxidation sites excluding steroid dienone is 2. The molecule has 1 aromatic carbocycles. The zero-order valence-electron chi connectivity index (χ0n) is 24.8. The van der Waals surface area contributed by atoms with E-state index < -0.39 is 23.8 Å². The van der Waals surface area contributed by atoms with E-state index in [2.05, 4.69) is 13.2 Å². The minimum Gasteiger partial charge on any atom is -0.498 e. The second-order valence-corrected chi connectivity index (χ2v) is 10.6. The van der Waals surface area contributed by atoms with Crippen molar-refractivity contribution in [1.82, 2.24) is 0 Å². The van der Waals surface area contributed by atoms with Crippen LogP contribution in [0.3, 0.4) is 0 Å². The van der Waals surface area contributed by atoms with Gasteiger partial charge in [-0.15, -0.1) is 0 Å². The Morgan fingerprint density at radius 1 is 1.14 bits per heavy atom. The van der Waals surface area contributed by atoms with Gasteiger partial charge < -0.3 is 24.1 Å². The average molecular weight is 593 g/mol. The lowest BCUT2D eigenvalue weighted by Crippen LogP contribution is -2.23. The Morgan fingerprint density at radius 2 is 1.88 bits per heavy atom. The van der Waals surface area contributed by atoms with E-state index in [1.165, 1.54) is 25.1 Å². The van der Waals surface area contributed by atoms with Crippen LogP contribution >= 0.6 is 0 Å². The number of esters is 1. The van der Waals surface area contributed by atoms with E-state index in [1.807, 2.05) is 6.92 Å². The van der Waals surface area contributed by atoms with Crippen LogP contribution in [0.2, 0.25) is 0 Å². The number of halogens is 3. The SMILES string of the molecule is C=C(C)C(=O)OCC(O)CC(CO)CCCO/C(C)=C/C=c1/cc(-c2ccc(CCCCC)cc2C(F)(F)F)oc1=C. The van der Waals surface area contributed by atoms with Crippen molar-refractivity contribution >= 4 is 18.6 Å². The van der Waals surface area contributed by atoms with Crippen molar-refractivity contribution in [2.45, 2.75) is 78.0 Å². The van der Waals surface area contributed by atoms with Crippen molar-refractivity contribution in [2.75, 3.05) is 19.8 Å². The van der Waals surface area contributed by atoms with Gasteiger partial charge in [0.05, 0.1) is 24.0 Å². The number of unbranched alkanes of at least 4 members (excludes halogenated alkanes) is 2. The smallest absolute Gasteiger partial charge is 0.417 e. The molecule has 2 rings (SSSR count). The van der Waals surface area contributed by atoms with Gasteiger partial charge >= 0.3 is 12.1 Å². The van der Waals surface area contributed by atoms with E-state index in [0.717, 1.165) is 19.3 Å². The Bertz CT molecular complexity index is 1310. The van der Waals surface area contributed by atoms with E-state index in [4.69, 9.17) is 13.9 Å². The van der Waals surface area contributed by atoms with Gasteiger partial charge in [-0.1, -0.05) is 45.1 Å². The summed E-state index contributed by atoms with van der Waals surface area (Å²) in [5.41, 5.74) is 0.382. The Kier molecular flexibility index (Phi) is 14.1. The Labute approximate surface area is 245 Å². The predicted molar refractivity (Wildman–Crippen MR) is 158 cm³/mol. The van der Waals surface area contributed by atoms with E-state index in [1.54, 1.807) is 25.1 Å². The first kappa shape index (κ1) is 34.9. The van der Waals surface area contributed by atoms with Gasteiger partial charge in [0.1, 0.15) is 17.8 Å². The number of alkyl halides is 3. The minimum absolute atomic E-state index is 0.0271. The molecule has 0 spiro atoms. The highest BCUT2D eigenvalue weighted by Gasteiger charge is 2.34. The molecule has 42 heavy (non-hydrogen) atoms. The number of aryl methyl sites for hydroxylation is 1. The Morgan fingerprint density at radius 3 is 2.52 bits per heavy atom. The summed E-state index contributed by atoms with van der Waals surface area (Å²) >= 11 is 0. The number of aliphatic hydroxyl groups is 2. The lowest BCUT2D eigenvalue weighted by molar-refractivity contribution is -0.142. The first-order valence-electron chi connectivity index (χ1n) is 14.3. The molecule has 0 saturated heterocycles. The monoisotopic (exact) mass is 592 g/mol. The minimum atomic E-state index is -4.52. The number of ether oxygens (including phenoxy) is 2. The van der Waals surface area contributed by atoms with Crippen molar-refractivity contribution in [3.8, 4) is 11.3 Å². The molecule has 1 aromatic heterocycles. The molecular weight excluding hydrogens is 549 g/mol. The third-order valence-corrected chi connectivity index (χ3v) is 6.77. The molecule has 0 aliphatic carbocycles. The summed E-state index contributed by atoms with van der Waals surface area (Å²) in [5.74, 6) is -0.0836. The Hall–Kier alpha value is -3.30. The molecule has 0 saturated carbocycles. The maximum atomic E-state index is 13.9. The number of carbonyl (C=O) groups is 1. The molecule has 9 heteroatoms. The normalized spacial score (nSPS) is 14.1. The van der Waals surface area contributed by atoms with Gasteiger partial charge in [-0.3, -0.25) is 0 Å². The van der Waals surface area contributed by atoms with E-state index >= 15 is 0 Å². The van der Waals surface area contributed by atoms with Crippen LogP contribution in [-0.2, 0) is 26.9 Å². The zero-order valence-corrected chi connectivity index (χ0v) is 24.8. The van der Waals surface area contributed by atoms with Crippen LogP contribution in [-0.4, -0.2) is 42.1 Å². The first-order valence-corrected chi connectivity index (χ1v) is 14.3. The fourth-order valence-corrected chi connectivity index (χ4v) is 4.38. The highest BCUT2D eigenvalue weighted by atomic mass is 19.4.